The van der Waals surface area contributed by atoms with Gasteiger partial charge in [0.25, 0.3) is 0 Å². The first-order valence-electron chi connectivity index (χ1n) is 7.67. The van der Waals surface area contributed by atoms with E-state index in [4.69, 9.17) is 17.3 Å². The molecule has 3 N–H and O–H groups in total. The van der Waals surface area contributed by atoms with Gasteiger partial charge < -0.3 is 11.1 Å². The standard InChI is InChI=1S/C16H22ClN3O/c17-13-4-2-1-3-12(13)15(9-18)20-8-7-14-11(10-20)5-6-16(21)19-14/h1-4,11,14-15H,5-10,18H2,(H,19,21). The molecule has 1 aromatic carbocycles. The molecule has 3 atom stereocenters. The summed E-state index contributed by atoms with van der Waals surface area (Å²) in [6, 6.07) is 8.45. The lowest BCUT2D eigenvalue weighted by Gasteiger charge is -2.44. The lowest BCUT2D eigenvalue weighted by molar-refractivity contribution is -0.125. The van der Waals surface area contributed by atoms with E-state index in [1.165, 1.54) is 0 Å². The lowest BCUT2D eigenvalue weighted by Crippen LogP contribution is -2.55. The molecule has 0 aliphatic carbocycles. The maximum atomic E-state index is 11.5. The first kappa shape index (κ1) is 14.8. The van der Waals surface area contributed by atoms with Crippen molar-refractivity contribution >= 4 is 17.5 Å². The number of hydrogen-bond acceptors (Lipinski definition) is 3. The van der Waals surface area contributed by atoms with Crippen LogP contribution in [-0.4, -0.2) is 36.5 Å². The Labute approximate surface area is 130 Å². The van der Waals surface area contributed by atoms with Crippen molar-refractivity contribution in [2.45, 2.75) is 31.3 Å². The smallest absolute Gasteiger partial charge is 0.220 e. The molecule has 2 saturated heterocycles. The topological polar surface area (TPSA) is 58.4 Å². The number of nitrogens with one attached hydrogen (secondary N) is 1. The fraction of sp³-hybridized carbons (Fsp3) is 0.562. The minimum atomic E-state index is 0.164. The molecular formula is C16H22ClN3O. The molecular weight excluding hydrogens is 286 g/mol. The highest BCUT2D eigenvalue weighted by atomic mass is 35.5. The number of likely N-dealkylation sites (tertiary alicyclic amines) is 1. The van der Waals surface area contributed by atoms with Crippen LogP contribution < -0.4 is 11.1 Å². The first-order valence-corrected chi connectivity index (χ1v) is 8.04. The zero-order valence-electron chi connectivity index (χ0n) is 12.1. The first-order chi connectivity index (χ1) is 10.2. The molecule has 2 heterocycles. The Balaban J connectivity index is 1.74. The number of hydrogen-bond donors (Lipinski definition) is 2. The van der Waals surface area contributed by atoms with Crippen LogP contribution in [0.15, 0.2) is 24.3 Å². The van der Waals surface area contributed by atoms with Crippen LogP contribution in [0.3, 0.4) is 0 Å². The van der Waals surface area contributed by atoms with Crippen molar-refractivity contribution < 1.29 is 4.79 Å². The fourth-order valence-electron chi connectivity index (χ4n) is 3.64. The molecule has 0 radical (unpaired) electrons. The second-order valence-corrected chi connectivity index (χ2v) is 6.44. The summed E-state index contributed by atoms with van der Waals surface area (Å²) in [5.74, 6) is 0.735. The van der Waals surface area contributed by atoms with Crippen molar-refractivity contribution in [3.63, 3.8) is 0 Å². The van der Waals surface area contributed by atoms with E-state index in [-0.39, 0.29) is 11.9 Å². The van der Waals surface area contributed by atoms with Crippen LogP contribution in [-0.2, 0) is 4.79 Å². The molecule has 114 valence electrons. The summed E-state index contributed by atoms with van der Waals surface area (Å²) in [4.78, 5) is 13.9. The van der Waals surface area contributed by atoms with Crippen LogP contribution in [0.25, 0.3) is 0 Å². The Morgan fingerprint density at radius 1 is 1.38 bits per heavy atom. The number of benzene rings is 1. The summed E-state index contributed by atoms with van der Waals surface area (Å²) in [5, 5.41) is 3.91. The predicted molar refractivity (Wildman–Crippen MR) is 84.1 cm³/mol. The summed E-state index contributed by atoms with van der Waals surface area (Å²) in [5.41, 5.74) is 7.14. The Morgan fingerprint density at radius 2 is 2.19 bits per heavy atom. The van der Waals surface area contributed by atoms with Gasteiger partial charge in [0.05, 0.1) is 0 Å². The van der Waals surface area contributed by atoms with Gasteiger partial charge >= 0.3 is 0 Å². The van der Waals surface area contributed by atoms with Crippen molar-refractivity contribution in [2.75, 3.05) is 19.6 Å². The number of fused-ring (bicyclic) bond motifs is 1. The maximum Gasteiger partial charge on any atom is 0.220 e. The number of nitrogens with two attached hydrogens (primary N) is 1. The highest BCUT2D eigenvalue weighted by Gasteiger charge is 2.36. The number of halogens is 1. The number of amides is 1. The molecule has 5 heteroatoms. The Bertz CT molecular complexity index is 522. The second-order valence-electron chi connectivity index (χ2n) is 6.03. The molecule has 1 aromatic rings. The van der Waals surface area contributed by atoms with Gasteiger partial charge in [-0.25, -0.2) is 0 Å². The summed E-state index contributed by atoms with van der Waals surface area (Å²) in [6.45, 7) is 2.50. The highest BCUT2D eigenvalue weighted by Crippen LogP contribution is 2.33. The monoisotopic (exact) mass is 307 g/mol. The van der Waals surface area contributed by atoms with Crippen molar-refractivity contribution in [3.05, 3.63) is 34.9 Å². The fourth-order valence-corrected chi connectivity index (χ4v) is 3.90. The molecule has 3 unspecified atom stereocenters. The second kappa shape index (κ2) is 6.34. The zero-order valence-corrected chi connectivity index (χ0v) is 12.9. The van der Waals surface area contributed by atoms with E-state index in [0.717, 1.165) is 36.5 Å². The van der Waals surface area contributed by atoms with Gasteiger partial charge in [0, 0.05) is 43.2 Å². The molecule has 2 aliphatic rings. The van der Waals surface area contributed by atoms with E-state index in [9.17, 15) is 4.79 Å². The average molecular weight is 308 g/mol. The quantitative estimate of drug-likeness (QED) is 0.897. The van der Waals surface area contributed by atoms with E-state index in [1.807, 2.05) is 18.2 Å². The van der Waals surface area contributed by atoms with Gasteiger partial charge in [-0.2, -0.15) is 0 Å². The van der Waals surface area contributed by atoms with E-state index in [2.05, 4.69) is 16.3 Å². The van der Waals surface area contributed by atoms with E-state index >= 15 is 0 Å². The van der Waals surface area contributed by atoms with Gasteiger partial charge in [-0.15, -0.1) is 0 Å². The van der Waals surface area contributed by atoms with E-state index in [1.54, 1.807) is 0 Å². The molecule has 0 saturated carbocycles. The summed E-state index contributed by atoms with van der Waals surface area (Å²) in [7, 11) is 0. The van der Waals surface area contributed by atoms with Crippen LogP contribution in [0.4, 0.5) is 0 Å². The van der Waals surface area contributed by atoms with Gasteiger partial charge in [-0.1, -0.05) is 29.8 Å². The van der Waals surface area contributed by atoms with E-state index in [0.29, 0.717) is 24.9 Å². The Morgan fingerprint density at radius 3 is 2.95 bits per heavy atom. The highest BCUT2D eigenvalue weighted by molar-refractivity contribution is 6.31. The number of carbonyl (C=O) groups is 1. The minimum Gasteiger partial charge on any atom is -0.353 e. The summed E-state index contributed by atoms with van der Waals surface area (Å²) >= 11 is 6.33. The molecule has 0 bridgehead atoms. The van der Waals surface area contributed by atoms with Gasteiger partial charge in [-0.05, 0) is 30.4 Å². The van der Waals surface area contributed by atoms with Crippen molar-refractivity contribution in [1.82, 2.24) is 10.2 Å². The third-order valence-electron chi connectivity index (χ3n) is 4.78. The number of nitrogens with zero attached hydrogens (tertiary/aromatic N) is 1. The molecule has 1 amide bonds. The molecule has 0 aromatic heterocycles. The van der Waals surface area contributed by atoms with Gasteiger partial charge in [0.15, 0.2) is 0 Å². The Kier molecular flexibility index (Phi) is 4.48. The van der Waals surface area contributed by atoms with Gasteiger partial charge in [0.2, 0.25) is 5.91 Å². The van der Waals surface area contributed by atoms with Crippen molar-refractivity contribution in [3.8, 4) is 0 Å². The van der Waals surface area contributed by atoms with Gasteiger partial charge in [0.1, 0.15) is 0 Å². The van der Waals surface area contributed by atoms with Crippen molar-refractivity contribution in [1.29, 1.82) is 0 Å². The summed E-state index contributed by atoms with van der Waals surface area (Å²) < 4.78 is 0. The third-order valence-corrected chi connectivity index (χ3v) is 5.13. The van der Waals surface area contributed by atoms with Crippen LogP contribution in [0.1, 0.15) is 30.9 Å². The molecule has 2 fully saturated rings. The normalized spacial score (nSPS) is 27.8. The molecule has 4 nitrogen and oxygen atoms in total. The van der Waals surface area contributed by atoms with Gasteiger partial charge in [-0.3, -0.25) is 9.69 Å². The number of piperidine rings is 2. The zero-order chi connectivity index (χ0) is 14.8. The van der Waals surface area contributed by atoms with Crippen LogP contribution >= 0.6 is 11.6 Å². The molecule has 2 aliphatic heterocycles. The average Bonchev–Trinajstić information content (AvgIpc) is 2.50. The van der Waals surface area contributed by atoms with E-state index < -0.39 is 0 Å². The SMILES string of the molecule is NCC(c1ccccc1Cl)N1CCC2NC(=O)CCC2C1. The largest absolute Gasteiger partial charge is 0.353 e. The maximum absolute atomic E-state index is 11.5. The van der Waals surface area contributed by atoms with Crippen LogP contribution in [0.5, 0.6) is 0 Å². The summed E-state index contributed by atoms with van der Waals surface area (Å²) in [6.07, 6.45) is 2.62. The lowest BCUT2D eigenvalue weighted by atomic mass is 9.84. The predicted octanol–water partition coefficient (Wildman–Crippen LogP) is 1.94. The Hall–Kier alpha value is -1.10. The third kappa shape index (κ3) is 3.07. The molecule has 0 spiro atoms. The number of rotatable bonds is 3. The minimum absolute atomic E-state index is 0.164. The van der Waals surface area contributed by atoms with Crippen molar-refractivity contribution in [2.24, 2.45) is 11.7 Å². The van der Waals surface area contributed by atoms with Crippen LogP contribution in [0, 0.1) is 5.92 Å². The molecule has 3 rings (SSSR count). The number of carbonyl (C=O) groups excluding carboxylic acids is 1. The van der Waals surface area contributed by atoms with Crippen LogP contribution in [0.2, 0.25) is 5.02 Å². The molecule has 21 heavy (non-hydrogen) atoms.